The van der Waals surface area contributed by atoms with Crippen LogP contribution in [0.4, 0.5) is 18.9 Å². The summed E-state index contributed by atoms with van der Waals surface area (Å²) in [5.74, 6) is -0.822. The minimum absolute atomic E-state index is 0.186. The van der Waals surface area contributed by atoms with Gasteiger partial charge < -0.3 is 15.0 Å². The first-order valence-corrected chi connectivity index (χ1v) is 9.18. The zero-order valence-corrected chi connectivity index (χ0v) is 15.3. The molecule has 5 nitrogen and oxygen atoms in total. The molecule has 0 radical (unpaired) electrons. The van der Waals surface area contributed by atoms with Gasteiger partial charge in [-0.05, 0) is 62.2 Å². The molecule has 3 rings (SSSR count). The van der Waals surface area contributed by atoms with Gasteiger partial charge in [-0.15, -0.1) is 0 Å². The maximum Gasteiger partial charge on any atom is 0.422 e. The van der Waals surface area contributed by atoms with Crippen molar-refractivity contribution in [1.29, 1.82) is 0 Å². The van der Waals surface area contributed by atoms with Crippen molar-refractivity contribution in [2.24, 2.45) is 0 Å². The Kier molecular flexibility index (Phi) is 6.51. The van der Waals surface area contributed by atoms with E-state index < -0.39 is 18.7 Å². The largest absolute Gasteiger partial charge is 0.482 e. The first-order chi connectivity index (χ1) is 13.4. The Morgan fingerprint density at radius 2 is 1.96 bits per heavy atom. The van der Waals surface area contributed by atoms with Crippen LogP contribution in [0.15, 0.2) is 42.6 Å². The number of aromatic nitrogens is 1. The van der Waals surface area contributed by atoms with Gasteiger partial charge in [0.1, 0.15) is 0 Å². The Morgan fingerprint density at radius 1 is 1.18 bits per heavy atom. The highest BCUT2D eigenvalue weighted by Crippen LogP contribution is 2.22. The Bertz CT molecular complexity index is 805. The molecule has 2 aromatic rings. The number of amides is 1. The van der Waals surface area contributed by atoms with Crippen LogP contribution in [0.5, 0.6) is 5.75 Å². The number of hydrogen-bond donors (Lipinski definition) is 1. The van der Waals surface area contributed by atoms with Crippen LogP contribution in [0.3, 0.4) is 0 Å². The Balaban J connectivity index is 1.63. The number of ether oxygens (including phenoxy) is 1. The molecule has 0 bridgehead atoms. The summed E-state index contributed by atoms with van der Waals surface area (Å²) in [7, 11) is 0. The van der Waals surface area contributed by atoms with Crippen molar-refractivity contribution in [3.63, 3.8) is 0 Å². The Hall–Kier alpha value is -2.61. The van der Waals surface area contributed by atoms with E-state index in [2.05, 4.69) is 15.2 Å². The highest BCUT2D eigenvalue weighted by atomic mass is 19.4. The van der Waals surface area contributed by atoms with Crippen LogP contribution in [-0.4, -0.2) is 48.2 Å². The lowest BCUT2D eigenvalue weighted by Crippen LogP contribution is -2.22. The summed E-state index contributed by atoms with van der Waals surface area (Å²) in [5, 5.41) is 2.69. The van der Waals surface area contributed by atoms with Gasteiger partial charge in [-0.25, -0.2) is 4.98 Å². The summed E-state index contributed by atoms with van der Waals surface area (Å²) in [6.07, 6.45) is 0.181. The minimum Gasteiger partial charge on any atom is -0.482 e. The molecule has 1 aliphatic heterocycles. The van der Waals surface area contributed by atoms with E-state index >= 15 is 0 Å². The molecule has 8 heteroatoms. The summed E-state index contributed by atoms with van der Waals surface area (Å²) in [6, 6.07) is 10.1. The second-order valence-electron chi connectivity index (χ2n) is 6.71. The number of likely N-dealkylation sites (tertiary alicyclic amines) is 1. The van der Waals surface area contributed by atoms with Crippen molar-refractivity contribution < 1.29 is 22.7 Å². The smallest absolute Gasteiger partial charge is 0.422 e. The van der Waals surface area contributed by atoms with E-state index in [1.807, 2.05) is 18.2 Å². The molecule has 0 aliphatic carbocycles. The molecule has 2 heterocycles. The first kappa shape index (κ1) is 20.1. The average molecular weight is 393 g/mol. The molecule has 1 saturated heterocycles. The van der Waals surface area contributed by atoms with Crippen molar-refractivity contribution >= 4 is 11.6 Å². The number of pyridine rings is 1. The van der Waals surface area contributed by atoms with Crippen LogP contribution < -0.4 is 10.1 Å². The predicted molar refractivity (Wildman–Crippen MR) is 99.6 cm³/mol. The van der Waals surface area contributed by atoms with Crippen molar-refractivity contribution in [3.8, 4) is 5.75 Å². The number of benzene rings is 1. The molecule has 1 aromatic heterocycles. The van der Waals surface area contributed by atoms with Crippen LogP contribution >= 0.6 is 0 Å². The molecule has 1 aromatic carbocycles. The lowest BCUT2D eigenvalue weighted by molar-refractivity contribution is -0.153. The molecule has 1 aliphatic rings. The number of anilines is 1. The number of alkyl halides is 3. The Labute approximate surface area is 161 Å². The topological polar surface area (TPSA) is 54.5 Å². The molecule has 0 atom stereocenters. The third kappa shape index (κ3) is 5.95. The highest BCUT2D eigenvalue weighted by Gasteiger charge is 2.29. The lowest BCUT2D eigenvalue weighted by Gasteiger charge is -2.15. The van der Waals surface area contributed by atoms with Crippen LogP contribution in [0, 0.1) is 0 Å². The van der Waals surface area contributed by atoms with Gasteiger partial charge in [-0.2, -0.15) is 13.2 Å². The third-order valence-electron chi connectivity index (χ3n) is 4.48. The zero-order chi connectivity index (χ0) is 20.0. The van der Waals surface area contributed by atoms with Crippen molar-refractivity contribution in [1.82, 2.24) is 9.88 Å². The van der Waals surface area contributed by atoms with E-state index in [0.717, 1.165) is 31.6 Å². The highest BCUT2D eigenvalue weighted by molar-refractivity contribution is 6.04. The SMILES string of the molecule is O=C(Nc1cccc(CCN2CCCC2)c1)c1ncccc1OCC(F)(F)F. The van der Waals surface area contributed by atoms with E-state index in [0.29, 0.717) is 5.69 Å². The lowest BCUT2D eigenvalue weighted by atomic mass is 10.1. The molecule has 0 spiro atoms. The fourth-order valence-electron chi connectivity index (χ4n) is 3.13. The van der Waals surface area contributed by atoms with Gasteiger partial charge in [0.25, 0.3) is 5.91 Å². The average Bonchev–Trinajstić information content (AvgIpc) is 3.18. The number of carbonyl (C=O) groups excluding carboxylic acids is 1. The molecule has 1 N–H and O–H groups in total. The fraction of sp³-hybridized carbons (Fsp3) is 0.400. The standard InChI is InChI=1S/C20H22F3N3O2/c21-20(22,23)14-28-17-7-4-9-24-18(17)19(27)25-16-6-3-5-15(13-16)8-12-26-10-1-2-11-26/h3-7,9,13H,1-2,8,10-12,14H2,(H,25,27). The number of nitrogens with one attached hydrogen (secondary N) is 1. The van der Waals surface area contributed by atoms with Gasteiger partial charge in [0.15, 0.2) is 18.1 Å². The van der Waals surface area contributed by atoms with Crippen molar-refractivity contribution in [2.75, 3.05) is 31.6 Å². The maximum absolute atomic E-state index is 12.5. The first-order valence-electron chi connectivity index (χ1n) is 9.18. The zero-order valence-electron chi connectivity index (χ0n) is 15.3. The molecule has 0 unspecified atom stereocenters. The number of rotatable bonds is 7. The number of nitrogens with zero attached hydrogens (tertiary/aromatic N) is 2. The van der Waals surface area contributed by atoms with E-state index in [1.165, 1.54) is 31.2 Å². The predicted octanol–water partition coefficient (Wildman–Crippen LogP) is 3.91. The molecular formula is C20H22F3N3O2. The normalized spacial score (nSPS) is 14.8. The minimum atomic E-state index is -4.49. The summed E-state index contributed by atoms with van der Waals surface area (Å²) in [4.78, 5) is 18.8. The van der Waals surface area contributed by atoms with Crippen LogP contribution in [0.1, 0.15) is 28.9 Å². The van der Waals surface area contributed by atoms with Crippen LogP contribution in [0.25, 0.3) is 0 Å². The van der Waals surface area contributed by atoms with Gasteiger partial charge in [-0.3, -0.25) is 4.79 Å². The van der Waals surface area contributed by atoms with E-state index in [-0.39, 0.29) is 11.4 Å². The van der Waals surface area contributed by atoms with Gasteiger partial charge in [-0.1, -0.05) is 12.1 Å². The summed E-state index contributed by atoms with van der Waals surface area (Å²) in [5.41, 5.74) is 1.46. The number of hydrogen-bond acceptors (Lipinski definition) is 4. The quantitative estimate of drug-likeness (QED) is 0.775. The molecular weight excluding hydrogens is 371 g/mol. The third-order valence-corrected chi connectivity index (χ3v) is 4.48. The molecule has 28 heavy (non-hydrogen) atoms. The summed E-state index contributed by atoms with van der Waals surface area (Å²) >= 11 is 0. The number of carbonyl (C=O) groups is 1. The molecule has 0 saturated carbocycles. The van der Waals surface area contributed by atoms with Gasteiger partial charge in [0.2, 0.25) is 0 Å². The molecule has 150 valence electrons. The van der Waals surface area contributed by atoms with Gasteiger partial charge in [0.05, 0.1) is 0 Å². The van der Waals surface area contributed by atoms with Crippen LogP contribution in [-0.2, 0) is 6.42 Å². The van der Waals surface area contributed by atoms with E-state index in [9.17, 15) is 18.0 Å². The maximum atomic E-state index is 12.5. The van der Waals surface area contributed by atoms with E-state index in [4.69, 9.17) is 4.74 Å². The van der Waals surface area contributed by atoms with Gasteiger partial charge in [0, 0.05) is 18.4 Å². The monoisotopic (exact) mass is 393 g/mol. The number of halogens is 3. The second kappa shape index (κ2) is 9.05. The van der Waals surface area contributed by atoms with Crippen LogP contribution in [0.2, 0.25) is 0 Å². The molecule has 1 amide bonds. The molecule has 1 fully saturated rings. The Morgan fingerprint density at radius 3 is 2.71 bits per heavy atom. The summed E-state index contributed by atoms with van der Waals surface area (Å²) in [6.45, 7) is 1.73. The van der Waals surface area contributed by atoms with Crippen molar-refractivity contribution in [2.45, 2.75) is 25.4 Å². The summed E-state index contributed by atoms with van der Waals surface area (Å²) < 4.78 is 41.9. The second-order valence-corrected chi connectivity index (χ2v) is 6.71. The fourth-order valence-corrected chi connectivity index (χ4v) is 3.13. The van der Waals surface area contributed by atoms with Gasteiger partial charge >= 0.3 is 6.18 Å². The van der Waals surface area contributed by atoms with Crippen molar-refractivity contribution in [3.05, 3.63) is 53.9 Å². The van der Waals surface area contributed by atoms with E-state index in [1.54, 1.807) is 6.07 Å².